The van der Waals surface area contributed by atoms with Gasteiger partial charge in [-0.25, -0.2) is 0 Å². The molecule has 0 atom stereocenters. The molecular weight excluding hydrogens is 250 g/mol. The molecule has 18 heavy (non-hydrogen) atoms. The minimum absolute atomic E-state index is 0. The maximum absolute atomic E-state index is 11.8. The maximum Gasteiger partial charge on any atom is 0.251 e. The lowest BCUT2D eigenvalue weighted by Gasteiger charge is -2.38. The highest BCUT2D eigenvalue weighted by Crippen LogP contribution is 2.28. The summed E-state index contributed by atoms with van der Waals surface area (Å²) < 4.78 is 0. The molecule has 1 aliphatic carbocycles. The van der Waals surface area contributed by atoms with Crippen LogP contribution in [-0.2, 0) is 0 Å². The largest absolute Gasteiger partial charge is 0.350 e. The van der Waals surface area contributed by atoms with Gasteiger partial charge in [0.15, 0.2) is 0 Å². The average molecular weight is 266 g/mol. The van der Waals surface area contributed by atoms with Crippen molar-refractivity contribution >= 4 is 18.3 Å². The lowest BCUT2D eigenvalue weighted by Crippen LogP contribution is -2.54. The number of hydrogen-bond acceptors (Lipinski definition) is 3. The second-order valence-corrected chi connectivity index (χ2v) is 4.59. The molecule has 1 saturated carbocycles. The zero-order valence-corrected chi connectivity index (χ0v) is 10.8. The van der Waals surface area contributed by atoms with Gasteiger partial charge in [0.05, 0.1) is 11.6 Å². The molecule has 0 aromatic heterocycles. The predicted octanol–water partition coefficient (Wildman–Crippen LogP) is 1.59. The van der Waals surface area contributed by atoms with Crippen molar-refractivity contribution in [2.45, 2.75) is 24.8 Å². The van der Waals surface area contributed by atoms with Crippen LogP contribution in [0.15, 0.2) is 24.3 Å². The van der Waals surface area contributed by atoms with Gasteiger partial charge >= 0.3 is 0 Å². The smallest absolute Gasteiger partial charge is 0.251 e. The minimum atomic E-state index is -0.206. The summed E-state index contributed by atoms with van der Waals surface area (Å²) in [5, 5.41) is 11.5. The number of nitrogens with zero attached hydrogens (tertiary/aromatic N) is 1. The average Bonchev–Trinajstić information content (AvgIpc) is 2.33. The molecule has 5 heteroatoms. The number of carbonyl (C=O) groups excluding carboxylic acids is 1. The van der Waals surface area contributed by atoms with Gasteiger partial charge in [-0.15, -0.1) is 12.4 Å². The lowest BCUT2D eigenvalue weighted by atomic mass is 9.78. The van der Waals surface area contributed by atoms with Crippen LogP contribution in [0.5, 0.6) is 0 Å². The summed E-state index contributed by atoms with van der Waals surface area (Å²) in [5.41, 5.74) is 6.92. The highest BCUT2D eigenvalue weighted by atomic mass is 35.5. The molecule has 0 heterocycles. The summed E-state index contributed by atoms with van der Waals surface area (Å²) in [6, 6.07) is 8.59. The quantitative estimate of drug-likeness (QED) is 0.871. The Bertz CT molecular complexity index is 460. The summed E-state index contributed by atoms with van der Waals surface area (Å²) in [7, 11) is 0. The standard InChI is InChI=1S/C13H15N3O.ClH/c14-8-10-2-4-11(5-3-10)12(17)16-9-13(15)6-1-7-13;/h2-5H,1,6-7,9,15H2,(H,16,17);1H. The third-order valence-corrected chi connectivity index (χ3v) is 3.23. The van der Waals surface area contributed by atoms with Crippen molar-refractivity contribution in [3.8, 4) is 6.07 Å². The predicted molar refractivity (Wildman–Crippen MR) is 71.5 cm³/mol. The van der Waals surface area contributed by atoms with Crippen molar-refractivity contribution < 1.29 is 4.79 Å². The van der Waals surface area contributed by atoms with Crippen molar-refractivity contribution in [1.82, 2.24) is 5.32 Å². The van der Waals surface area contributed by atoms with E-state index in [1.165, 1.54) is 0 Å². The SMILES string of the molecule is Cl.N#Cc1ccc(C(=O)NCC2(N)CCC2)cc1. The topological polar surface area (TPSA) is 78.9 Å². The van der Waals surface area contributed by atoms with E-state index in [4.69, 9.17) is 11.0 Å². The molecule has 0 saturated heterocycles. The summed E-state index contributed by atoms with van der Waals surface area (Å²) in [6.45, 7) is 0.520. The van der Waals surface area contributed by atoms with E-state index in [1.54, 1.807) is 24.3 Å². The number of nitriles is 1. The number of nitrogens with one attached hydrogen (secondary N) is 1. The van der Waals surface area contributed by atoms with Crippen molar-refractivity contribution in [3.05, 3.63) is 35.4 Å². The van der Waals surface area contributed by atoms with Crippen molar-refractivity contribution in [2.24, 2.45) is 5.73 Å². The summed E-state index contributed by atoms with van der Waals surface area (Å²) in [6.07, 6.45) is 3.09. The first-order valence-corrected chi connectivity index (χ1v) is 5.70. The van der Waals surface area contributed by atoms with E-state index in [2.05, 4.69) is 5.32 Å². The van der Waals surface area contributed by atoms with Crippen LogP contribution in [0.25, 0.3) is 0 Å². The van der Waals surface area contributed by atoms with Crippen molar-refractivity contribution in [1.29, 1.82) is 5.26 Å². The van der Waals surface area contributed by atoms with E-state index in [0.29, 0.717) is 17.7 Å². The van der Waals surface area contributed by atoms with E-state index in [1.807, 2.05) is 6.07 Å². The zero-order valence-electron chi connectivity index (χ0n) is 9.98. The van der Waals surface area contributed by atoms with Crippen molar-refractivity contribution in [3.63, 3.8) is 0 Å². The Morgan fingerprint density at radius 2 is 2.00 bits per heavy atom. The van der Waals surface area contributed by atoms with E-state index in [9.17, 15) is 4.79 Å². The number of carbonyl (C=O) groups is 1. The van der Waals surface area contributed by atoms with Crippen LogP contribution in [-0.4, -0.2) is 18.0 Å². The molecule has 0 unspecified atom stereocenters. The first kappa shape index (κ1) is 14.5. The van der Waals surface area contributed by atoms with Crippen LogP contribution in [0.2, 0.25) is 0 Å². The highest BCUT2D eigenvalue weighted by molar-refractivity contribution is 5.94. The fraction of sp³-hybridized carbons (Fsp3) is 0.385. The molecule has 1 fully saturated rings. The van der Waals surface area contributed by atoms with Gasteiger partial charge in [-0.1, -0.05) is 0 Å². The number of halogens is 1. The third-order valence-electron chi connectivity index (χ3n) is 3.23. The Morgan fingerprint density at radius 3 is 2.44 bits per heavy atom. The van der Waals surface area contributed by atoms with Crippen LogP contribution in [0.3, 0.4) is 0 Å². The molecule has 4 nitrogen and oxygen atoms in total. The summed E-state index contributed by atoms with van der Waals surface area (Å²) in [4.78, 5) is 11.8. The molecule has 1 aromatic rings. The molecule has 3 N–H and O–H groups in total. The zero-order chi connectivity index (χ0) is 12.3. The van der Waals surface area contributed by atoms with Crippen LogP contribution < -0.4 is 11.1 Å². The first-order chi connectivity index (χ1) is 8.13. The van der Waals surface area contributed by atoms with Gasteiger partial charge in [-0.3, -0.25) is 4.79 Å². The van der Waals surface area contributed by atoms with Crippen LogP contribution in [0.1, 0.15) is 35.2 Å². The Kier molecular flexibility index (Phi) is 4.71. The maximum atomic E-state index is 11.8. The molecule has 1 amide bonds. The minimum Gasteiger partial charge on any atom is -0.350 e. The number of nitrogens with two attached hydrogens (primary N) is 1. The van der Waals surface area contributed by atoms with E-state index >= 15 is 0 Å². The van der Waals surface area contributed by atoms with Crippen LogP contribution in [0.4, 0.5) is 0 Å². The second-order valence-electron chi connectivity index (χ2n) is 4.59. The fourth-order valence-corrected chi connectivity index (χ4v) is 1.86. The Morgan fingerprint density at radius 1 is 1.39 bits per heavy atom. The number of hydrogen-bond donors (Lipinski definition) is 2. The third kappa shape index (κ3) is 3.22. The lowest BCUT2D eigenvalue weighted by molar-refractivity contribution is 0.0930. The van der Waals surface area contributed by atoms with Gasteiger partial charge in [0.2, 0.25) is 0 Å². The number of amides is 1. The summed E-state index contributed by atoms with van der Waals surface area (Å²) in [5.74, 6) is -0.133. The van der Waals surface area contributed by atoms with Crippen LogP contribution in [0, 0.1) is 11.3 Å². The molecule has 2 rings (SSSR count). The summed E-state index contributed by atoms with van der Waals surface area (Å²) >= 11 is 0. The Hall–Kier alpha value is -1.57. The van der Waals surface area contributed by atoms with Gasteiger partial charge in [0.25, 0.3) is 5.91 Å². The monoisotopic (exact) mass is 265 g/mol. The fourth-order valence-electron chi connectivity index (χ4n) is 1.86. The number of rotatable bonds is 3. The molecule has 1 aliphatic rings. The van der Waals surface area contributed by atoms with Gasteiger partial charge in [0, 0.05) is 17.6 Å². The molecule has 0 aliphatic heterocycles. The number of benzene rings is 1. The van der Waals surface area contributed by atoms with Gasteiger partial charge in [-0.2, -0.15) is 5.26 Å². The molecule has 0 radical (unpaired) electrons. The Balaban J connectivity index is 0.00000162. The Labute approximate surface area is 113 Å². The molecule has 0 bridgehead atoms. The molecule has 1 aromatic carbocycles. The first-order valence-electron chi connectivity index (χ1n) is 5.70. The van der Waals surface area contributed by atoms with Crippen LogP contribution >= 0.6 is 12.4 Å². The van der Waals surface area contributed by atoms with Gasteiger partial charge in [0.1, 0.15) is 0 Å². The molecular formula is C13H16ClN3O. The van der Waals surface area contributed by atoms with Crippen molar-refractivity contribution in [2.75, 3.05) is 6.54 Å². The molecule has 96 valence electrons. The molecule has 0 spiro atoms. The van der Waals surface area contributed by atoms with Gasteiger partial charge in [-0.05, 0) is 43.5 Å². The normalized spacial score (nSPS) is 15.8. The van der Waals surface area contributed by atoms with E-state index < -0.39 is 0 Å². The van der Waals surface area contributed by atoms with E-state index in [-0.39, 0.29) is 23.9 Å². The highest BCUT2D eigenvalue weighted by Gasteiger charge is 2.32. The second kappa shape index (κ2) is 5.85. The van der Waals surface area contributed by atoms with Gasteiger partial charge < -0.3 is 11.1 Å². The van der Waals surface area contributed by atoms with E-state index in [0.717, 1.165) is 19.3 Å².